The van der Waals surface area contributed by atoms with Crippen LogP contribution in [0, 0.1) is 0 Å². The van der Waals surface area contributed by atoms with E-state index in [0.717, 1.165) is 19.5 Å². The Hall–Kier alpha value is -0.860. The zero-order valence-electron chi connectivity index (χ0n) is 9.39. The highest BCUT2D eigenvalue weighted by Gasteiger charge is 2.20. The molecule has 2 rings (SSSR count). The predicted molar refractivity (Wildman–Crippen MR) is 63.9 cm³/mol. The van der Waals surface area contributed by atoms with Crippen LogP contribution < -0.4 is 5.73 Å². The molecule has 2 N–H and O–H groups in total. The fourth-order valence-corrected chi connectivity index (χ4v) is 2.30. The summed E-state index contributed by atoms with van der Waals surface area (Å²) in [7, 11) is 0. The average molecular weight is 204 g/mol. The molecule has 2 heteroatoms. The Labute approximate surface area is 92.1 Å². The van der Waals surface area contributed by atoms with E-state index in [4.69, 9.17) is 5.73 Å². The van der Waals surface area contributed by atoms with Crippen LogP contribution in [0.5, 0.6) is 0 Å². The van der Waals surface area contributed by atoms with Gasteiger partial charge in [0.1, 0.15) is 0 Å². The Bertz CT molecular complexity index is 297. The van der Waals surface area contributed by atoms with Crippen LogP contribution in [0.1, 0.15) is 24.8 Å². The highest BCUT2D eigenvalue weighted by Crippen LogP contribution is 2.18. The first kappa shape index (κ1) is 10.7. The zero-order valence-corrected chi connectivity index (χ0v) is 9.39. The Morgan fingerprint density at radius 3 is 2.73 bits per heavy atom. The molecule has 0 saturated carbocycles. The van der Waals surface area contributed by atoms with Crippen molar-refractivity contribution in [3.8, 4) is 0 Å². The van der Waals surface area contributed by atoms with Crippen LogP contribution in [-0.2, 0) is 0 Å². The van der Waals surface area contributed by atoms with Crippen molar-refractivity contribution in [2.24, 2.45) is 5.73 Å². The SMILES string of the molecule is CC(CN1CCC(N)C1)c1ccccc1. The molecule has 1 aromatic carbocycles. The number of likely N-dealkylation sites (tertiary alicyclic amines) is 1. The third-order valence-corrected chi connectivity index (χ3v) is 3.21. The Morgan fingerprint density at radius 1 is 1.40 bits per heavy atom. The Balaban J connectivity index is 1.90. The lowest BCUT2D eigenvalue weighted by molar-refractivity contribution is 0.317. The second kappa shape index (κ2) is 4.77. The molecule has 1 fully saturated rings. The van der Waals surface area contributed by atoms with Crippen molar-refractivity contribution in [3.63, 3.8) is 0 Å². The second-order valence-corrected chi connectivity index (χ2v) is 4.62. The van der Waals surface area contributed by atoms with Crippen molar-refractivity contribution >= 4 is 0 Å². The van der Waals surface area contributed by atoms with Crippen LogP contribution in [0.3, 0.4) is 0 Å². The number of rotatable bonds is 3. The van der Waals surface area contributed by atoms with Gasteiger partial charge in [-0.25, -0.2) is 0 Å². The molecule has 15 heavy (non-hydrogen) atoms. The molecule has 0 aromatic heterocycles. The van der Waals surface area contributed by atoms with Crippen molar-refractivity contribution in [2.75, 3.05) is 19.6 Å². The molecule has 0 aliphatic carbocycles. The molecule has 1 aliphatic heterocycles. The molecule has 0 bridgehead atoms. The van der Waals surface area contributed by atoms with Crippen LogP contribution in [0.2, 0.25) is 0 Å². The van der Waals surface area contributed by atoms with Gasteiger partial charge in [-0.2, -0.15) is 0 Å². The lowest BCUT2D eigenvalue weighted by atomic mass is 10.0. The standard InChI is InChI=1S/C13H20N2/c1-11(12-5-3-2-4-6-12)9-15-8-7-13(14)10-15/h2-6,11,13H,7-10,14H2,1H3. The van der Waals surface area contributed by atoms with Crippen LogP contribution in [0.4, 0.5) is 0 Å². The molecule has 1 saturated heterocycles. The maximum atomic E-state index is 5.90. The largest absolute Gasteiger partial charge is 0.326 e. The summed E-state index contributed by atoms with van der Waals surface area (Å²) in [6.45, 7) is 5.66. The molecule has 1 aromatic rings. The Kier molecular flexibility index (Phi) is 3.39. The number of nitrogens with zero attached hydrogens (tertiary/aromatic N) is 1. The van der Waals surface area contributed by atoms with Gasteiger partial charge in [0.05, 0.1) is 0 Å². The number of hydrogen-bond acceptors (Lipinski definition) is 2. The van der Waals surface area contributed by atoms with Crippen molar-refractivity contribution < 1.29 is 0 Å². The van der Waals surface area contributed by atoms with Crippen molar-refractivity contribution in [1.29, 1.82) is 0 Å². The quantitative estimate of drug-likeness (QED) is 0.814. The first-order chi connectivity index (χ1) is 7.25. The minimum absolute atomic E-state index is 0.396. The zero-order chi connectivity index (χ0) is 10.7. The van der Waals surface area contributed by atoms with Crippen LogP contribution in [-0.4, -0.2) is 30.6 Å². The van der Waals surface area contributed by atoms with Gasteiger partial charge in [-0.15, -0.1) is 0 Å². The third-order valence-electron chi connectivity index (χ3n) is 3.21. The summed E-state index contributed by atoms with van der Waals surface area (Å²) in [5.41, 5.74) is 7.33. The average Bonchev–Trinajstić information content (AvgIpc) is 2.65. The van der Waals surface area contributed by atoms with Crippen molar-refractivity contribution in [3.05, 3.63) is 35.9 Å². The molecule has 0 spiro atoms. The number of nitrogens with two attached hydrogens (primary N) is 1. The van der Waals surface area contributed by atoms with E-state index in [0.29, 0.717) is 12.0 Å². The lowest BCUT2D eigenvalue weighted by Gasteiger charge is -2.20. The molecule has 1 heterocycles. The molecule has 0 amide bonds. The van der Waals surface area contributed by atoms with Gasteiger partial charge in [-0.1, -0.05) is 37.3 Å². The van der Waals surface area contributed by atoms with E-state index < -0.39 is 0 Å². The smallest absolute Gasteiger partial charge is 0.0180 e. The maximum absolute atomic E-state index is 5.90. The lowest BCUT2D eigenvalue weighted by Crippen LogP contribution is -2.29. The van der Waals surface area contributed by atoms with E-state index in [1.54, 1.807) is 0 Å². The van der Waals surface area contributed by atoms with Crippen molar-refractivity contribution in [1.82, 2.24) is 4.90 Å². The van der Waals surface area contributed by atoms with E-state index in [1.165, 1.54) is 12.1 Å². The van der Waals surface area contributed by atoms with Gasteiger partial charge in [-0.3, -0.25) is 0 Å². The summed E-state index contributed by atoms with van der Waals surface area (Å²) in [5, 5.41) is 0. The highest BCUT2D eigenvalue weighted by atomic mass is 15.2. The highest BCUT2D eigenvalue weighted by molar-refractivity contribution is 5.19. The summed E-state index contributed by atoms with van der Waals surface area (Å²) in [6.07, 6.45) is 1.15. The van der Waals surface area contributed by atoms with Gasteiger partial charge >= 0.3 is 0 Å². The van der Waals surface area contributed by atoms with Crippen LogP contribution >= 0.6 is 0 Å². The Morgan fingerprint density at radius 2 is 2.13 bits per heavy atom. The van der Waals surface area contributed by atoms with Crippen LogP contribution in [0.25, 0.3) is 0 Å². The van der Waals surface area contributed by atoms with Crippen LogP contribution in [0.15, 0.2) is 30.3 Å². The first-order valence-electron chi connectivity index (χ1n) is 5.78. The molecule has 2 nitrogen and oxygen atoms in total. The minimum atomic E-state index is 0.396. The molecule has 1 aliphatic rings. The van der Waals surface area contributed by atoms with E-state index in [9.17, 15) is 0 Å². The topological polar surface area (TPSA) is 29.3 Å². The maximum Gasteiger partial charge on any atom is 0.0180 e. The van der Waals surface area contributed by atoms with Crippen molar-refractivity contribution in [2.45, 2.75) is 25.3 Å². The summed E-state index contributed by atoms with van der Waals surface area (Å²) >= 11 is 0. The summed E-state index contributed by atoms with van der Waals surface area (Å²) in [6, 6.07) is 11.1. The molecule has 82 valence electrons. The normalized spacial score (nSPS) is 24.3. The van der Waals surface area contributed by atoms with E-state index in [2.05, 4.69) is 42.2 Å². The monoisotopic (exact) mass is 204 g/mol. The van der Waals surface area contributed by atoms with E-state index in [-0.39, 0.29) is 0 Å². The van der Waals surface area contributed by atoms with Gasteiger partial charge in [0.2, 0.25) is 0 Å². The fourth-order valence-electron chi connectivity index (χ4n) is 2.30. The second-order valence-electron chi connectivity index (χ2n) is 4.62. The fraction of sp³-hybridized carbons (Fsp3) is 0.538. The van der Waals surface area contributed by atoms with Gasteiger partial charge in [0.15, 0.2) is 0 Å². The molecule has 0 radical (unpaired) electrons. The van der Waals surface area contributed by atoms with Gasteiger partial charge in [0, 0.05) is 19.1 Å². The molecular formula is C13H20N2. The minimum Gasteiger partial charge on any atom is -0.326 e. The number of hydrogen-bond donors (Lipinski definition) is 1. The predicted octanol–water partition coefficient (Wildman–Crippen LogP) is 1.82. The first-order valence-corrected chi connectivity index (χ1v) is 5.78. The third kappa shape index (κ3) is 2.80. The van der Waals surface area contributed by atoms with Gasteiger partial charge in [0.25, 0.3) is 0 Å². The van der Waals surface area contributed by atoms with E-state index >= 15 is 0 Å². The summed E-state index contributed by atoms with van der Waals surface area (Å²) < 4.78 is 0. The molecule has 2 atom stereocenters. The van der Waals surface area contributed by atoms with E-state index in [1.807, 2.05) is 0 Å². The molecular weight excluding hydrogens is 184 g/mol. The van der Waals surface area contributed by atoms with Gasteiger partial charge < -0.3 is 10.6 Å². The summed E-state index contributed by atoms with van der Waals surface area (Å²) in [5.74, 6) is 0.608. The number of benzene rings is 1. The molecule has 2 unspecified atom stereocenters. The van der Waals surface area contributed by atoms with Gasteiger partial charge in [-0.05, 0) is 24.4 Å². The summed E-state index contributed by atoms with van der Waals surface area (Å²) in [4.78, 5) is 2.47.